The fraction of sp³-hybridized carbons (Fsp3) is 0.800. The second-order valence-corrected chi connectivity index (χ2v) is 1.54. The number of hydrogen-bond donors (Lipinski definition) is 0. The molecule has 0 aromatic carbocycles. The minimum atomic E-state index is 0.536. The Morgan fingerprint density at radius 2 is 2.33 bits per heavy atom. The average molecular weight is 147 g/mol. The Balaban J connectivity index is 3.13. The van der Waals surface area contributed by atoms with Gasteiger partial charge in [0.25, 0.3) is 0 Å². The van der Waals surface area contributed by atoms with Gasteiger partial charge in [-0.25, -0.2) is 9.98 Å². The van der Waals surface area contributed by atoms with E-state index in [1.54, 1.807) is 0 Å². The van der Waals surface area contributed by atoms with E-state index in [-0.39, 0.29) is 0 Å². The fourth-order valence-electron chi connectivity index (χ4n) is 0.259. The summed E-state index contributed by atoms with van der Waals surface area (Å²) in [6.07, 6.45) is 0. The van der Waals surface area contributed by atoms with Crippen LogP contribution in [0.3, 0.4) is 0 Å². The summed E-state index contributed by atoms with van der Waals surface area (Å²) >= 11 is 5.02. The summed E-state index contributed by atoms with van der Waals surface area (Å²) in [6, 6.07) is 2.50. The van der Waals surface area contributed by atoms with Crippen molar-refractivity contribution in [3.05, 3.63) is 4.84 Å². The summed E-state index contributed by atoms with van der Waals surface area (Å²) in [6.45, 7) is 3.76. The topological polar surface area (TPSA) is 38.8 Å². The van der Waals surface area contributed by atoms with Gasteiger partial charge >= 0.3 is 0 Å². The zero-order valence-electron chi connectivity index (χ0n) is 5.34. The van der Waals surface area contributed by atoms with E-state index < -0.39 is 0 Å². The molecule has 0 fully saturated rings. The maximum Gasteiger partial charge on any atom is 0.0891 e. The van der Waals surface area contributed by atoms with Gasteiger partial charge in [-0.3, -0.25) is 11.8 Å². The molecule has 0 N–H and O–H groups in total. The van der Waals surface area contributed by atoms with Crippen LogP contribution in [0.4, 0.5) is 0 Å². The molecule has 0 aliphatic rings. The summed E-state index contributed by atoms with van der Waals surface area (Å²) in [5, 5.41) is 0. The Kier molecular flexibility index (Phi) is 7.32. The quantitative estimate of drug-likeness (QED) is 0.428. The van der Waals surface area contributed by atoms with E-state index in [1.807, 2.05) is 6.92 Å². The van der Waals surface area contributed by atoms with Gasteiger partial charge < -0.3 is 4.84 Å². The lowest BCUT2D eigenvalue weighted by Gasteiger charge is -2.01. The second-order valence-electron chi connectivity index (χ2n) is 1.30. The standard InChI is InChI=1S/C5H9ClN3/c1-2-7-5-8-3-4-9-6/h2-4H2,1H3/q-1. The molecule has 0 heterocycles. The molecule has 0 amide bonds. The van der Waals surface area contributed by atoms with Crippen LogP contribution in [0.15, 0.2) is 9.98 Å². The number of aliphatic imine (C=N–C) groups is 2. The lowest BCUT2D eigenvalue weighted by atomic mass is 10.7. The minimum absolute atomic E-state index is 0.536. The van der Waals surface area contributed by atoms with Gasteiger partial charge in [-0.1, -0.05) is 0 Å². The van der Waals surface area contributed by atoms with Crippen molar-refractivity contribution in [1.82, 2.24) is 0 Å². The molecule has 0 aliphatic carbocycles. The lowest BCUT2D eigenvalue weighted by molar-refractivity contribution is 1.07. The maximum absolute atomic E-state index is 5.02. The second kappa shape index (κ2) is 7.63. The van der Waals surface area contributed by atoms with Gasteiger partial charge in [0.1, 0.15) is 0 Å². The molecular formula is C5H9ClN3-. The van der Waals surface area contributed by atoms with Crippen molar-refractivity contribution in [3.8, 4) is 0 Å². The highest BCUT2D eigenvalue weighted by atomic mass is 35.5. The van der Waals surface area contributed by atoms with Crippen LogP contribution in [0.2, 0.25) is 0 Å². The summed E-state index contributed by atoms with van der Waals surface area (Å²) in [5.41, 5.74) is 0. The summed E-state index contributed by atoms with van der Waals surface area (Å²) < 4.78 is 0. The normalized spacial score (nSPS) is 8.22. The Labute approximate surface area is 60.0 Å². The predicted octanol–water partition coefficient (Wildman–Crippen LogP) is 1.71. The van der Waals surface area contributed by atoms with Crippen LogP contribution in [0, 0.1) is 0 Å². The highest BCUT2D eigenvalue weighted by Gasteiger charge is 1.64. The number of halogens is 1. The van der Waals surface area contributed by atoms with E-state index in [9.17, 15) is 0 Å². The van der Waals surface area contributed by atoms with E-state index in [4.69, 9.17) is 11.8 Å². The summed E-state index contributed by atoms with van der Waals surface area (Å²) in [4.78, 5) is 10.8. The van der Waals surface area contributed by atoms with Crippen LogP contribution in [-0.2, 0) is 0 Å². The molecule has 0 rings (SSSR count). The minimum Gasteiger partial charge on any atom is -0.574 e. The van der Waals surface area contributed by atoms with Gasteiger partial charge in [0, 0.05) is 13.1 Å². The third-order valence-electron chi connectivity index (χ3n) is 0.596. The Morgan fingerprint density at radius 3 is 2.89 bits per heavy atom. The summed E-state index contributed by atoms with van der Waals surface area (Å²) in [7, 11) is 0. The molecule has 0 aromatic rings. The Bertz CT molecular complexity index is 107. The SMILES string of the molecule is CCN=C=NCC[N-]Cl. The smallest absolute Gasteiger partial charge is 0.0891 e. The molecule has 3 nitrogen and oxygen atoms in total. The zero-order valence-corrected chi connectivity index (χ0v) is 6.10. The first-order valence-corrected chi connectivity index (χ1v) is 3.11. The largest absolute Gasteiger partial charge is 0.574 e. The van der Waals surface area contributed by atoms with Crippen LogP contribution in [-0.4, -0.2) is 25.6 Å². The zero-order chi connectivity index (χ0) is 6.95. The highest BCUT2D eigenvalue weighted by molar-refractivity contribution is 6.24. The van der Waals surface area contributed by atoms with Crippen molar-refractivity contribution in [3.63, 3.8) is 0 Å². The number of hydrogen-bond acceptors (Lipinski definition) is 2. The molecule has 0 unspecified atom stereocenters. The van der Waals surface area contributed by atoms with Crippen LogP contribution in [0.5, 0.6) is 0 Å². The van der Waals surface area contributed by atoms with Crippen molar-refractivity contribution in [2.24, 2.45) is 9.98 Å². The monoisotopic (exact) mass is 146 g/mol. The van der Waals surface area contributed by atoms with E-state index in [2.05, 4.69) is 20.8 Å². The maximum atomic E-state index is 5.02. The Hall–Kier alpha value is -0.370. The van der Waals surface area contributed by atoms with Crippen molar-refractivity contribution in [2.45, 2.75) is 6.92 Å². The van der Waals surface area contributed by atoms with Crippen molar-refractivity contribution in [1.29, 1.82) is 0 Å². The van der Waals surface area contributed by atoms with Crippen LogP contribution >= 0.6 is 11.8 Å². The van der Waals surface area contributed by atoms with Crippen LogP contribution < -0.4 is 0 Å². The first kappa shape index (κ1) is 8.63. The molecule has 0 aliphatic heterocycles. The molecule has 52 valence electrons. The molecule has 9 heavy (non-hydrogen) atoms. The van der Waals surface area contributed by atoms with Gasteiger partial charge in [0.05, 0.1) is 6.01 Å². The van der Waals surface area contributed by atoms with E-state index in [0.717, 1.165) is 6.54 Å². The van der Waals surface area contributed by atoms with Crippen molar-refractivity contribution >= 4 is 17.8 Å². The first-order chi connectivity index (χ1) is 4.41. The third kappa shape index (κ3) is 7.63. The highest BCUT2D eigenvalue weighted by Crippen LogP contribution is 1.88. The van der Waals surface area contributed by atoms with E-state index in [1.165, 1.54) is 0 Å². The molecule has 0 saturated heterocycles. The van der Waals surface area contributed by atoms with E-state index >= 15 is 0 Å². The van der Waals surface area contributed by atoms with Crippen molar-refractivity contribution < 1.29 is 0 Å². The molecule has 0 atom stereocenters. The van der Waals surface area contributed by atoms with Crippen molar-refractivity contribution in [2.75, 3.05) is 19.6 Å². The molecular weight excluding hydrogens is 138 g/mol. The average Bonchev–Trinajstić information content (AvgIpc) is 1.89. The molecule has 0 bridgehead atoms. The molecule has 0 radical (unpaired) electrons. The number of nitrogens with zero attached hydrogens (tertiary/aromatic N) is 3. The number of rotatable bonds is 4. The summed E-state index contributed by atoms with van der Waals surface area (Å²) in [5.74, 6) is 0. The first-order valence-electron chi connectivity index (χ1n) is 2.77. The van der Waals surface area contributed by atoms with Crippen LogP contribution in [0.1, 0.15) is 6.92 Å². The van der Waals surface area contributed by atoms with Gasteiger partial charge in [0.2, 0.25) is 0 Å². The van der Waals surface area contributed by atoms with Crippen LogP contribution in [0.25, 0.3) is 4.84 Å². The van der Waals surface area contributed by atoms with Gasteiger partial charge in [-0.2, -0.15) is 0 Å². The third-order valence-corrected chi connectivity index (χ3v) is 0.765. The molecule has 0 saturated carbocycles. The van der Waals surface area contributed by atoms with Gasteiger partial charge in [-0.15, -0.1) is 6.54 Å². The molecule has 0 aromatic heterocycles. The van der Waals surface area contributed by atoms with Gasteiger partial charge in [0.15, 0.2) is 0 Å². The molecule has 4 heteroatoms. The Morgan fingerprint density at radius 1 is 1.56 bits per heavy atom. The predicted molar refractivity (Wildman–Crippen MR) is 39.4 cm³/mol. The fourth-order valence-corrected chi connectivity index (χ4v) is 0.334. The lowest BCUT2D eigenvalue weighted by Crippen LogP contribution is -1.82. The van der Waals surface area contributed by atoms with Gasteiger partial charge in [-0.05, 0) is 6.92 Å². The van der Waals surface area contributed by atoms with E-state index in [0.29, 0.717) is 13.1 Å². The molecule has 0 spiro atoms.